The summed E-state index contributed by atoms with van der Waals surface area (Å²) in [7, 11) is 1.58. The van der Waals surface area contributed by atoms with E-state index in [1.807, 2.05) is 16.8 Å². The lowest BCUT2D eigenvalue weighted by atomic mass is 9.83. The SMILES string of the molecule is COc1cc2nc3n(c(=O)c2cc1Cl)CC[C@@H]1[C@@H]3CCCN1Cc1cccnc1. The van der Waals surface area contributed by atoms with Crippen molar-refractivity contribution in [1.82, 2.24) is 19.4 Å². The number of methoxy groups -OCH3 is 1. The van der Waals surface area contributed by atoms with Crippen LogP contribution in [0.15, 0.2) is 41.5 Å². The molecule has 29 heavy (non-hydrogen) atoms. The molecule has 4 heterocycles. The number of halogens is 1. The van der Waals surface area contributed by atoms with Gasteiger partial charge in [-0.05, 0) is 43.5 Å². The number of rotatable bonds is 3. The molecule has 2 aliphatic heterocycles. The summed E-state index contributed by atoms with van der Waals surface area (Å²) >= 11 is 6.25. The number of fused-ring (bicyclic) bond motifs is 4. The van der Waals surface area contributed by atoms with Crippen molar-refractivity contribution < 1.29 is 4.74 Å². The number of aromatic nitrogens is 3. The van der Waals surface area contributed by atoms with Crippen molar-refractivity contribution in [3.05, 3.63) is 63.4 Å². The molecular weight excluding hydrogens is 388 g/mol. The number of pyridine rings is 1. The molecule has 0 spiro atoms. The summed E-state index contributed by atoms with van der Waals surface area (Å²) in [6.45, 7) is 2.64. The van der Waals surface area contributed by atoms with Gasteiger partial charge in [-0.25, -0.2) is 4.98 Å². The maximum absolute atomic E-state index is 13.2. The van der Waals surface area contributed by atoms with Crippen LogP contribution in [0, 0.1) is 0 Å². The van der Waals surface area contributed by atoms with E-state index in [1.165, 1.54) is 5.56 Å². The van der Waals surface area contributed by atoms with E-state index in [-0.39, 0.29) is 11.5 Å². The molecular formula is C22H23ClN4O2. The van der Waals surface area contributed by atoms with Crippen LogP contribution in [0.4, 0.5) is 0 Å². The third-order valence-electron chi connectivity index (χ3n) is 6.24. The van der Waals surface area contributed by atoms with Gasteiger partial charge in [0.15, 0.2) is 0 Å². The number of likely N-dealkylation sites (tertiary alicyclic amines) is 1. The Labute approximate surface area is 174 Å². The van der Waals surface area contributed by atoms with Gasteiger partial charge in [-0.15, -0.1) is 0 Å². The highest BCUT2D eigenvalue weighted by atomic mass is 35.5. The van der Waals surface area contributed by atoms with Crippen LogP contribution in [0.5, 0.6) is 5.75 Å². The number of ether oxygens (including phenoxy) is 1. The third-order valence-corrected chi connectivity index (χ3v) is 6.54. The molecule has 150 valence electrons. The van der Waals surface area contributed by atoms with Crippen LogP contribution in [0.1, 0.15) is 36.6 Å². The maximum atomic E-state index is 13.2. The zero-order valence-electron chi connectivity index (χ0n) is 16.3. The lowest BCUT2D eigenvalue weighted by Crippen LogP contribution is -2.49. The molecule has 6 nitrogen and oxygen atoms in total. The lowest BCUT2D eigenvalue weighted by molar-refractivity contribution is 0.0888. The molecule has 0 aliphatic carbocycles. The van der Waals surface area contributed by atoms with Crippen LogP contribution >= 0.6 is 11.6 Å². The highest BCUT2D eigenvalue weighted by molar-refractivity contribution is 6.32. The fraction of sp³-hybridized carbons (Fsp3) is 0.409. The summed E-state index contributed by atoms with van der Waals surface area (Å²) in [5.74, 6) is 1.71. The molecule has 5 rings (SSSR count). The van der Waals surface area contributed by atoms with E-state index in [2.05, 4.69) is 16.0 Å². The fourth-order valence-corrected chi connectivity index (χ4v) is 5.13. The Morgan fingerprint density at radius 3 is 2.97 bits per heavy atom. The average Bonchev–Trinajstić information content (AvgIpc) is 2.75. The number of piperidine rings is 1. The van der Waals surface area contributed by atoms with E-state index < -0.39 is 0 Å². The quantitative estimate of drug-likeness (QED) is 0.660. The number of hydrogen-bond donors (Lipinski definition) is 0. The van der Waals surface area contributed by atoms with Crippen molar-refractivity contribution in [2.75, 3.05) is 13.7 Å². The first kappa shape index (κ1) is 18.6. The Bertz CT molecular complexity index is 1120. The lowest BCUT2D eigenvalue weighted by Gasteiger charge is -2.44. The van der Waals surface area contributed by atoms with Gasteiger partial charge >= 0.3 is 0 Å². The molecule has 0 radical (unpaired) electrons. The molecule has 1 saturated heterocycles. The predicted molar refractivity (Wildman–Crippen MR) is 113 cm³/mol. The van der Waals surface area contributed by atoms with Crippen molar-refractivity contribution in [2.24, 2.45) is 0 Å². The van der Waals surface area contributed by atoms with Gasteiger partial charge in [0, 0.05) is 43.5 Å². The first-order valence-corrected chi connectivity index (χ1v) is 10.4. The minimum atomic E-state index is -0.00242. The highest BCUT2D eigenvalue weighted by Gasteiger charge is 2.38. The van der Waals surface area contributed by atoms with E-state index in [1.54, 1.807) is 25.4 Å². The molecule has 3 aromatic rings. The smallest absolute Gasteiger partial charge is 0.261 e. The Morgan fingerprint density at radius 1 is 1.28 bits per heavy atom. The molecule has 0 amide bonds. The molecule has 7 heteroatoms. The summed E-state index contributed by atoms with van der Waals surface area (Å²) in [5.41, 5.74) is 1.88. The predicted octanol–water partition coefficient (Wildman–Crippen LogP) is 3.61. The summed E-state index contributed by atoms with van der Waals surface area (Å²) in [4.78, 5) is 24.9. The highest BCUT2D eigenvalue weighted by Crippen LogP contribution is 2.38. The van der Waals surface area contributed by atoms with E-state index in [9.17, 15) is 4.79 Å². The van der Waals surface area contributed by atoms with E-state index in [4.69, 9.17) is 21.3 Å². The van der Waals surface area contributed by atoms with Gasteiger partial charge in [0.1, 0.15) is 11.6 Å². The zero-order valence-corrected chi connectivity index (χ0v) is 17.1. The topological polar surface area (TPSA) is 60.3 Å². The molecule has 0 unspecified atom stereocenters. The summed E-state index contributed by atoms with van der Waals surface area (Å²) in [5, 5.41) is 0.995. The molecule has 0 bridgehead atoms. The molecule has 2 atom stereocenters. The Morgan fingerprint density at radius 2 is 2.17 bits per heavy atom. The monoisotopic (exact) mass is 410 g/mol. The van der Waals surface area contributed by atoms with Crippen molar-refractivity contribution in [1.29, 1.82) is 0 Å². The van der Waals surface area contributed by atoms with Crippen LogP contribution in [0.25, 0.3) is 10.9 Å². The molecule has 1 aromatic carbocycles. The van der Waals surface area contributed by atoms with E-state index in [0.717, 1.165) is 38.2 Å². The Hall–Kier alpha value is -2.44. The van der Waals surface area contributed by atoms with Crippen molar-refractivity contribution in [3.63, 3.8) is 0 Å². The minimum absolute atomic E-state index is 0.00242. The van der Waals surface area contributed by atoms with Crippen LogP contribution in [0.3, 0.4) is 0 Å². The van der Waals surface area contributed by atoms with Gasteiger partial charge in [-0.2, -0.15) is 0 Å². The second-order valence-corrected chi connectivity index (χ2v) is 8.27. The molecule has 0 N–H and O–H groups in total. The van der Waals surface area contributed by atoms with Crippen molar-refractivity contribution in [2.45, 2.75) is 44.3 Å². The van der Waals surface area contributed by atoms with E-state index in [0.29, 0.717) is 34.3 Å². The fourth-order valence-electron chi connectivity index (χ4n) is 4.89. The van der Waals surface area contributed by atoms with Gasteiger partial charge in [0.25, 0.3) is 5.56 Å². The average molecular weight is 411 g/mol. The summed E-state index contributed by atoms with van der Waals surface area (Å²) in [6, 6.07) is 7.96. The molecule has 2 aromatic heterocycles. The minimum Gasteiger partial charge on any atom is -0.495 e. The Balaban J connectivity index is 1.55. The summed E-state index contributed by atoms with van der Waals surface area (Å²) < 4.78 is 7.19. The molecule has 2 aliphatic rings. The zero-order chi connectivity index (χ0) is 20.0. The molecule has 0 saturated carbocycles. The largest absolute Gasteiger partial charge is 0.495 e. The number of benzene rings is 1. The van der Waals surface area contributed by atoms with Gasteiger partial charge < -0.3 is 4.74 Å². The van der Waals surface area contributed by atoms with Crippen LogP contribution in [0.2, 0.25) is 5.02 Å². The van der Waals surface area contributed by atoms with Crippen LogP contribution in [-0.2, 0) is 13.1 Å². The number of hydrogen-bond acceptors (Lipinski definition) is 5. The third kappa shape index (κ3) is 3.20. The second-order valence-electron chi connectivity index (χ2n) is 7.87. The normalized spacial score (nSPS) is 21.6. The van der Waals surface area contributed by atoms with Crippen molar-refractivity contribution in [3.8, 4) is 5.75 Å². The van der Waals surface area contributed by atoms with Crippen LogP contribution in [-0.4, -0.2) is 39.1 Å². The van der Waals surface area contributed by atoms with Crippen LogP contribution < -0.4 is 10.3 Å². The Kier molecular flexibility index (Phi) is 4.76. The van der Waals surface area contributed by atoms with Gasteiger partial charge in [-0.3, -0.25) is 19.2 Å². The second kappa shape index (κ2) is 7.43. The standard InChI is InChI=1S/C22H23ClN4O2/c1-29-20-11-18-16(10-17(20)23)22(28)27-9-6-19-15(21(27)25-18)5-3-8-26(19)13-14-4-2-7-24-12-14/h2,4,7,10-12,15,19H,3,5-6,8-9,13H2,1H3/t15-,19+/m0/s1. The first-order valence-electron chi connectivity index (χ1n) is 10.1. The maximum Gasteiger partial charge on any atom is 0.261 e. The van der Waals surface area contributed by atoms with Crippen molar-refractivity contribution >= 4 is 22.5 Å². The molecule has 1 fully saturated rings. The van der Waals surface area contributed by atoms with Gasteiger partial charge in [0.05, 0.1) is 23.0 Å². The van der Waals surface area contributed by atoms with E-state index >= 15 is 0 Å². The van der Waals surface area contributed by atoms with Gasteiger partial charge in [-0.1, -0.05) is 17.7 Å². The van der Waals surface area contributed by atoms with Gasteiger partial charge in [0.2, 0.25) is 0 Å². The first-order chi connectivity index (χ1) is 14.2. The number of nitrogens with zero attached hydrogens (tertiary/aromatic N) is 4. The summed E-state index contributed by atoms with van der Waals surface area (Å²) in [6.07, 6.45) is 6.85.